The largest absolute Gasteiger partial charge is 0.314 e. The van der Waals surface area contributed by atoms with Gasteiger partial charge < -0.3 is 10.2 Å². The normalized spacial score (nSPS) is 21.7. The van der Waals surface area contributed by atoms with Crippen LogP contribution >= 0.6 is 0 Å². The standard InChI is InChI=1S/C15H32N2/c1-5-11-16-13(2)12-14(3)17(4)15-9-7-6-8-10-15/h13-16H,5-12H2,1-4H3. The van der Waals surface area contributed by atoms with Crippen LogP contribution in [0.25, 0.3) is 0 Å². The molecule has 2 unspecified atom stereocenters. The summed E-state index contributed by atoms with van der Waals surface area (Å²) in [7, 11) is 2.33. The summed E-state index contributed by atoms with van der Waals surface area (Å²) in [5, 5.41) is 3.59. The number of hydrogen-bond acceptors (Lipinski definition) is 2. The van der Waals surface area contributed by atoms with Gasteiger partial charge in [0, 0.05) is 18.1 Å². The van der Waals surface area contributed by atoms with E-state index < -0.39 is 0 Å². The van der Waals surface area contributed by atoms with Crippen molar-refractivity contribution in [3.05, 3.63) is 0 Å². The summed E-state index contributed by atoms with van der Waals surface area (Å²) in [4.78, 5) is 2.63. The van der Waals surface area contributed by atoms with Gasteiger partial charge in [0.25, 0.3) is 0 Å². The van der Waals surface area contributed by atoms with Crippen molar-refractivity contribution < 1.29 is 0 Å². The molecule has 0 heterocycles. The third kappa shape index (κ3) is 5.39. The first-order chi connectivity index (χ1) is 8.15. The molecule has 0 aromatic carbocycles. The summed E-state index contributed by atoms with van der Waals surface area (Å²) in [6, 6.07) is 2.20. The van der Waals surface area contributed by atoms with E-state index in [0.29, 0.717) is 12.1 Å². The summed E-state index contributed by atoms with van der Waals surface area (Å²) in [5.41, 5.74) is 0. The second-order valence-corrected chi connectivity index (χ2v) is 5.90. The summed E-state index contributed by atoms with van der Waals surface area (Å²) < 4.78 is 0. The van der Waals surface area contributed by atoms with Gasteiger partial charge in [-0.1, -0.05) is 26.2 Å². The second kappa shape index (κ2) is 8.10. The van der Waals surface area contributed by atoms with Crippen molar-refractivity contribution in [3.63, 3.8) is 0 Å². The van der Waals surface area contributed by atoms with Crippen molar-refractivity contribution in [1.82, 2.24) is 10.2 Å². The summed E-state index contributed by atoms with van der Waals surface area (Å²) in [6.45, 7) is 8.10. The van der Waals surface area contributed by atoms with Crippen molar-refractivity contribution >= 4 is 0 Å². The van der Waals surface area contributed by atoms with E-state index in [-0.39, 0.29) is 0 Å². The first-order valence-corrected chi connectivity index (χ1v) is 7.60. The topological polar surface area (TPSA) is 15.3 Å². The van der Waals surface area contributed by atoms with Crippen LogP contribution < -0.4 is 5.32 Å². The Bertz CT molecular complexity index is 187. The van der Waals surface area contributed by atoms with Gasteiger partial charge in [0.05, 0.1) is 0 Å². The molecule has 1 aliphatic rings. The predicted octanol–water partition coefficient (Wildman–Crippen LogP) is 3.42. The Morgan fingerprint density at radius 1 is 1.18 bits per heavy atom. The van der Waals surface area contributed by atoms with E-state index in [1.807, 2.05) is 0 Å². The Morgan fingerprint density at radius 2 is 1.82 bits per heavy atom. The van der Waals surface area contributed by atoms with Crippen molar-refractivity contribution in [2.45, 2.75) is 83.8 Å². The maximum Gasteiger partial charge on any atom is 0.00950 e. The monoisotopic (exact) mass is 240 g/mol. The lowest BCUT2D eigenvalue weighted by Gasteiger charge is -2.36. The molecule has 0 saturated heterocycles. The van der Waals surface area contributed by atoms with Gasteiger partial charge in [0.1, 0.15) is 0 Å². The molecule has 0 spiro atoms. The molecule has 1 rings (SSSR count). The minimum atomic E-state index is 0.649. The van der Waals surface area contributed by atoms with Gasteiger partial charge >= 0.3 is 0 Å². The van der Waals surface area contributed by atoms with Crippen molar-refractivity contribution in [2.24, 2.45) is 0 Å². The fourth-order valence-corrected chi connectivity index (χ4v) is 3.00. The van der Waals surface area contributed by atoms with E-state index in [1.165, 1.54) is 44.9 Å². The van der Waals surface area contributed by atoms with Crippen LogP contribution in [-0.4, -0.2) is 36.6 Å². The predicted molar refractivity (Wildman–Crippen MR) is 76.5 cm³/mol. The van der Waals surface area contributed by atoms with Gasteiger partial charge in [-0.3, -0.25) is 0 Å². The fourth-order valence-electron chi connectivity index (χ4n) is 3.00. The lowest BCUT2D eigenvalue weighted by molar-refractivity contribution is 0.134. The Morgan fingerprint density at radius 3 is 2.41 bits per heavy atom. The van der Waals surface area contributed by atoms with Gasteiger partial charge in [-0.2, -0.15) is 0 Å². The molecule has 17 heavy (non-hydrogen) atoms. The van der Waals surface area contributed by atoms with E-state index in [1.54, 1.807) is 0 Å². The van der Waals surface area contributed by atoms with Crippen LogP contribution in [0.2, 0.25) is 0 Å². The third-order valence-electron chi connectivity index (χ3n) is 4.28. The van der Waals surface area contributed by atoms with E-state index in [0.717, 1.165) is 12.6 Å². The minimum Gasteiger partial charge on any atom is -0.314 e. The van der Waals surface area contributed by atoms with Crippen LogP contribution in [0.4, 0.5) is 0 Å². The zero-order valence-corrected chi connectivity index (χ0v) is 12.3. The summed E-state index contributed by atoms with van der Waals surface area (Å²) in [5.74, 6) is 0. The molecule has 0 aliphatic heterocycles. The average molecular weight is 240 g/mol. The molecule has 1 fully saturated rings. The van der Waals surface area contributed by atoms with Crippen LogP contribution in [0, 0.1) is 0 Å². The van der Waals surface area contributed by atoms with E-state index in [4.69, 9.17) is 0 Å². The lowest BCUT2D eigenvalue weighted by Crippen LogP contribution is -2.43. The highest BCUT2D eigenvalue weighted by molar-refractivity contribution is 4.79. The first kappa shape index (κ1) is 15.0. The van der Waals surface area contributed by atoms with Crippen molar-refractivity contribution in [2.75, 3.05) is 13.6 Å². The molecule has 0 radical (unpaired) electrons. The molecule has 1 saturated carbocycles. The molecule has 2 atom stereocenters. The highest BCUT2D eigenvalue weighted by atomic mass is 15.2. The zero-order valence-electron chi connectivity index (χ0n) is 12.3. The molecule has 1 N–H and O–H groups in total. The summed E-state index contributed by atoms with van der Waals surface area (Å²) in [6.07, 6.45) is 9.66. The van der Waals surface area contributed by atoms with E-state index >= 15 is 0 Å². The van der Waals surface area contributed by atoms with Gasteiger partial charge in [0.2, 0.25) is 0 Å². The lowest BCUT2D eigenvalue weighted by atomic mass is 9.93. The van der Waals surface area contributed by atoms with Crippen LogP contribution in [-0.2, 0) is 0 Å². The highest BCUT2D eigenvalue weighted by Crippen LogP contribution is 2.23. The Hall–Kier alpha value is -0.0800. The van der Waals surface area contributed by atoms with E-state index in [9.17, 15) is 0 Å². The molecule has 0 bridgehead atoms. The van der Waals surface area contributed by atoms with Gasteiger partial charge in [-0.05, 0) is 53.1 Å². The molecule has 0 amide bonds. The molecule has 0 aromatic rings. The number of nitrogens with one attached hydrogen (secondary N) is 1. The Balaban J connectivity index is 2.27. The highest BCUT2D eigenvalue weighted by Gasteiger charge is 2.22. The molecule has 102 valence electrons. The maximum atomic E-state index is 3.59. The Kier molecular flexibility index (Phi) is 7.14. The first-order valence-electron chi connectivity index (χ1n) is 7.60. The van der Waals surface area contributed by atoms with Gasteiger partial charge in [-0.25, -0.2) is 0 Å². The molecule has 2 nitrogen and oxygen atoms in total. The summed E-state index contributed by atoms with van der Waals surface area (Å²) >= 11 is 0. The quantitative estimate of drug-likeness (QED) is 0.733. The number of rotatable bonds is 7. The van der Waals surface area contributed by atoms with Crippen molar-refractivity contribution in [1.29, 1.82) is 0 Å². The Labute approximate surface area is 108 Å². The number of hydrogen-bond donors (Lipinski definition) is 1. The van der Waals surface area contributed by atoms with Gasteiger partial charge in [-0.15, -0.1) is 0 Å². The SMILES string of the molecule is CCCNC(C)CC(C)N(C)C1CCCCC1. The molecular weight excluding hydrogens is 208 g/mol. The fraction of sp³-hybridized carbons (Fsp3) is 1.00. The zero-order chi connectivity index (χ0) is 12.7. The smallest absolute Gasteiger partial charge is 0.00950 e. The number of nitrogens with zero attached hydrogens (tertiary/aromatic N) is 1. The van der Waals surface area contributed by atoms with Crippen LogP contribution in [0.15, 0.2) is 0 Å². The minimum absolute atomic E-state index is 0.649. The molecule has 1 aliphatic carbocycles. The molecule has 0 aromatic heterocycles. The third-order valence-corrected chi connectivity index (χ3v) is 4.28. The molecule has 2 heteroatoms. The van der Waals surface area contributed by atoms with Crippen LogP contribution in [0.1, 0.15) is 65.7 Å². The second-order valence-electron chi connectivity index (χ2n) is 5.90. The maximum absolute atomic E-state index is 3.59. The van der Waals surface area contributed by atoms with Gasteiger partial charge in [0.15, 0.2) is 0 Å². The average Bonchev–Trinajstić information content (AvgIpc) is 2.36. The van der Waals surface area contributed by atoms with E-state index in [2.05, 4.69) is 38.0 Å². The van der Waals surface area contributed by atoms with Crippen LogP contribution in [0.3, 0.4) is 0 Å². The molecular formula is C15H32N2. The van der Waals surface area contributed by atoms with Crippen molar-refractivity contribution in [3.8, 4) is 0 Å². The van der Waals surface area contributed by atoms with Crippen LogP contribution in [0.5, 0.6) is 0 Å².